The molecule has 0 aliphatic carbocycles. The Kier molecular flexibility index (Phi) is 6.16. The number of thioether (sulfide) groups is 1. The lowest BCUT2D eigenvalue weighted by Crippen LogP contribution is -2.35. The van der Waals surface area contributed by atoms with Crippen molar-refractivity contribution in [1.29, 1.82) is 0 Å². The summed E-state index contributed by atoms with van der Waals surface area (Å²) in [5.41, 5.74) is 2.50. The van der Waals surface area contributed by atoms with Crippen molar-refractivity contribution in [3.63, 3.8) is 0 Å². The Morgan fingerprint density at radius 1 is 1.15 bits per heavy atom. The van der Waals surface area contributed by atoms with Crippen molar-refractivity contribution in [3.8, 4) is 0 Å². The number of anilines is 2. The number of urea groups is 1. The zero-order valence-electron chi connectivity index (χ0n) is 17.6. The van der Waals surface area contributed by atoms with Crippen LogP contribution in [0, 0.1) is 11.6 Å². The molecule has 172 valence electrons. The van der Waals surface area contributed by atoms with Crippen molar-refractivity contribution in [2.24, 2.45) is 0 Å². The minimum absolute atomic E-state index is 0.486. The SMILES string of the molecule is O=C(NC1=CN(c2nc3ccc(CN4CCOCC4)cc3[nH]2)CS1)Nc1c(F)cccc1F. The summed E-state index contributed by atoms with van der Waals surface area (Å²) in [6.07, 6.45) is 1.73. The molecule has 0 saturated carbocycles. The molecule has 1 fully saturated rings. The first kappa shape index (κ1) is 21.7. The Bertz CT molecular complexity index is 1190. The van der Waals surface area contributed by atoms with Gasteiger partial charge in [0, 0.05) is 25.8 Å². The van der Waals surface area contributed by atoms with Gasteiger partial charge >= 0.3 is 6.03 Å². The lowest BCUT2D eigenvalue weighted by atomic mass is 10.2. The van der Waals surface area contributed by atoms with Gasteiger partial charge in [0.1, 0.15) is 17.3 Å². The summed E-state index contributed by atoms with van der Waals surface area (Å²) in [6, 6.07) is 8.85. The summed E-state index contributed by atoms with van der Waals surface area (Å²) >= 11 is 1.38. The van der Waals surface area contributed by atoms with E-state index in [9.17, 15) is 13.6 Å². The van der Waals surface area contributed by atoms with Crippen LogP contribution in [-0.4, -0.2) is 53.1 Å². The van der Waals surface area contributed by atoms with Gasteiger partial charge in [0.2, 0.25) is 5.95 Å². The van der Waals surface area contributed by atoms with Gasteiger partial charge in [-0.05, 0) is 29.8 Å². The topological polar surface area (TPSA) is 85.5 Å². The predicted octanol–water partition coefficient (Wildman–Crippen LogP) is 3.80. The van der Waals surface area contributed by atoms with E-state index < -0.39 is 23.4 Å². The molecule has 0 unspecified atom stereocenters. The third kappa shape index (κ3) is 4.95. The fourth-order valence-corrected chi connectivity index (χ4v) is 4.56. The lowest BCUT2D eigenvalue weighted by molar-refractivity contribution is 0.0342. The van der Waals surface area contributed by atoms with Gasteiger partial charge in [-0.3, -0.25) is 4.90 Å². The van der Waals surface area contributed by atoms with Crippen LogP contribution >= 0.6 is 11.8 Å². The second kappa shape index (κ2) is 9.38. The molecule has 0 bridgehead atoms. The molecular formula is C22H22F2N6O2S. The van der Waals surface area contributed by atoms with Crippen LogP contribution in [-0.2, 0) is 11.3 Å². The molecule has 5 rings (SSSR count). The number of morpholine rings is 1. The third-order valence-electron chi connectivity index (χ3n) is 5.39. The zero-order valence-corrected chi connectivity index (χ0v) is 18.4. The molecule has 1 aromatic heterocycles. The zero-order chi connectivity index (χ0) is 22.8. The van der Waals surface area contributed by atoms with Crippen LogP contribution in [0.15, 0.2) is 47.6 Å². The van der Waals surface area contributed by atoms with E-state index in [2.05, 4.69) is 37.6 Å². The number of hydrogen-bond donors (Lipinski definition) is 3. The largest absolute Gasteiger partial charge is 0.379 e. The number of aromatic amines is 1. The molecule has 0 radical (unpaired) electrons. The molecule has 11 heteroatoms. The van der Waals surface area contributed by atoms with Crippen LogP contribution < -0.4 is 15.5 Å². The first-order chi connectivity index (χ1) is 16.0. The van der Waals surface area contributed by atoms with Crippen LogP contribution in [0.25, 0.3) is 11.0 Å². The smallest absolute Gasteiger partial charge is 0.324 e. The number of H-pyrrole nitrogens is 1. The van der Waals surface area contributed by atoms with Crippen molar-refractivity contribution in [2.45, 2.75) is 6.54 Å². The van der Waals surface area contributed by atoms with E-state index >= 15 is 0 Å². The molecule has 33 heavy (non-hydrogen) atoms. The number of imidazole rings is 1. The Morgan fingerprint density at radius 3 is 2.73 bits per heavy atom. The maximum atomic E-state index is 13.7. The Hall–Kier alpha value is -3.15. The standard InChI is InChI=1S/C22H22F2N6O2S/c23-15-2-1-3-16(24)20(15)28-22(31)27-19-12-30(13-33-19)21-25-17-5-4-14(10-18(17)26-21)11-29-6-8-32-9-7-29/h1-5,10,12H,6-9,11,13H2,(H,25,26)(H2,27,28,31). The van der Waals surface area contributed by atoms with Gasteiger partial charge in [-0.2, -0.15) is 0 Å². The fraction of sp³-hybridized carbons (Fsp3) is 0.273. The first-order valence-corrected chi connectivity index (χ1v) is 11.5. The van der Waals surface area contributed by atoms with Crippen molar-refractivity contribution < 1.29 is 18.3 Å². The van der Waals surface area contributed by atoms with Crippen LogP contribution in [0.5, 0.6) is 0 Å². The van der Waals surface area contributed by atoms with Crippen LogP contribution in [0.4, 0.5) is 25.2 Å². The molecule has 2 aliphatic heterocycles. The van der Waals surface area contributed by atoms with Gasteiger partial charge in [-0.1, -0.05) is 23.9 Å². The average Bonchev–Trinajstić information content (AvgIpc) is 3.44. The summed E-state index contributed by atoms with van der Waals surface area (Å²) in [5.74, 6) is -0.493. The van der Waals surface area contributed by atoms with Crippen LogP contribution in [0.2, 0.25) is 0 Å². The number of nitrogens with zero attached hydrogens (tertiary/aromatic N) is 3. The van der Waals surface area contributed by atoms with Gasteiger partial charge in [-0.15, -0.1) is 0 Å². The van der Waals surface area contributed by atoms with E-state index in [-0.39, 0.29) is 0 Å². The van der Waals surface area contributed by atoms with Gasteiger partial charge in [-0.25, -0.2) is 18.6 Å². The number of amides is 2. The molecule has 0 atom stereocenters. The number of benzene rings is 2. The van der Waals surface area contributed by atoms with Crippen molar-refractivity contribution in [1.82, 2.24) is 20.2 Å². The third-order valence-corrected chi connectivity index (χ3v) is 6.31. The molecule has 3 N–H and O–H groups in total. The number of rotatable bonds is 5. The van der Waals surface area contributed by atoms with Gasteiger partial charge in [0.15, 0.2) is 0 Å². The predicted molar refractivity (Wildman–Crippen MR) is 124 cm³/mol. The number of carbonyl (C=O) groups is 1. The molecule has 3 aromatic rings. The maximum absolute atomic E-state index is 13.7. The number of nitrogens with one attached hydrogen (secondary N) is 3. The lowest BCUT2D eigenvalue weighted by Gasteiger charge is -2.26. The monoisotopic (exact) mass is 472 g/mol. The molecule has 3 heterocycles. The number of ether oxygens (including phenoxy) is 1. The highest BCUT2D eigenvalue weighted by atomic mass is 32.2. The molecule has 2 aromatic carbocycles. The highest BCUT2D eigenvalue weighted by Crippen LogP contribution is 2.29. The van der Waals surface area contributed by atoms with E-state index in [1.807, 2.05) is 11.0 Å². The number of para-hydroxylation sites is 1. The Labute approximate surface area is 193 Å². The minimum Gasteiger partial charge on any atom is -0.379 e. The summed E-state index contributed by atoms with van der Waals surface area (Å²) in [6.45, 7) is 4.24. The number of halogens is 2. The first-order valence-electron chi connectivity index (χ1n) is 10.5. The second-order valence-corrected chi connectivity index (χ2v) is 8.70. The van der Waals surface area contributed by atoms with Crippen LogP contribution in [0.3, 0.4) is 0 Å². The summed E-state index contributed by atoms with van der Waals surface area (Å²) < 4.78 is 32.9. The molecule has 2 aliphatic rings. The normalized spacial score (nSPS) is 16.8. The number of aromatic nitrogens is 2. The maximum Gasteiger partial charge on any atom is 0.324 e. The van der Waals surface area contributed by atoms with Crippen molar-refractivity contribution >= 4 is 40.5 Å². The van der Waals surface area contributed by atoms with Crippen molar-refractivity contribution in [3.05, 3.63) is 64.8 Å². The average molecular weight is 473 g/mol. The number of hydrogen-bond acceptors (Lipinski definition) is 6. The quantitative estimate of drug-likeness (QED) is 0.524. The molecule has 0 spiro atoms. The number of fused-ring (bicyclic) bond motifs is 1. The molecule has 2 amide bonds. The van der Waals surface area contributed by atoms with E-state index in [4.69, 9.17) is 4.74 Å². The highest BCUT2D eigenvalue weighted by molar-refractivity contribution is 8.03. The van der Waals surface area contributed by atoms with Crippen molar-refractivity contribution in [2.75, 3.05) is 42.4 Å². The van der Waals surface area contributed by atoms with Crippen LogP contribution in [0.1, 0.15) is 5.56 Å². The van der Waals surface area contributed by atoms with Gasteiger partial charge in [0.25, 0.3) is 0 Å². The Morgan fingerprint density at radius 2 is 1.94 bits per heavy atom. The van der Waals surface area contributed by atoms with E-state index in [0.717, 1.165) is 56.0 Å². The second-order valence-electron chi connectivity index (χ2n) is 7.71. The van der Waals surface area contributed by atoms with Gasteiger partial charge in [0.05, 0.1) is 35.2 Å². The van der Waals surface area contributed by atoms with E-state index in [1.54, 1.807) is 6.20 Å². The summed E-state index contributed by atoms with van der Waals surface area (Å²) in [4.78, 5) is 24.4. The Balaban J connectivity index is 1.24. The summed E-state index contributed by atoms with van der Waals surface area (Å²) in [5, 5.41) is 5.36. The minimum atomic E-state index is -0.838. The molecular weight excluding hydrogens is 450 g/mol. The van der Waals surface area contributed by atoms with E-state index in [0.29, 0.717) is 16.9 Å². The fourth-order valence-electron chi connectivity index (χ4n) is 3.71. The van der Waals surface area contributed by atoms with E-state index in [1.165, 1.54) is 23.4 Å². The molecule has 1 saturated heterocycles. The number of carbonyl (C=O) groups excluding carboxylic acids is 1. The molecule has 8 nitrogen and oxygen atoms in total. The highest BCUT2D eigenvalue weighted by Gasteiger charge is 2.20. The summed E-state index contributed by atoms with van der Waals surface area (Å²) in [7, 11) is 0. The van der Waals surface area contributed by atoms with Gasteiger partial charge < -0.3 is 25.3 Å².